The molecule has 1 heterocycles. The van der Waals surface area contributed by atoms with Gasteiger partial charge in [-0.3, -0.25) is 4.79 Å². The van der Waals surface area contributed by atoms with Crippen LogP contribution in [-0.4, -0.2) is 14.3 Å². The summed E-state index contributed by atoms with van der Waals surface area (Å²) in [5.41, 5.74) is 2.86. The zero-order valence-electron chi connectivity index (χ0n) is 17.0. The minimum Gasteiger partial charge on any atom is -0.273 e. The quantitative estimate of drug-likeness (QED) is 0.469. The molecule has 0 unspecified atom stereocenters. The van der Waals surface area contributed by atoms with Crippen LogP contribution in [0.3, 0.4) is 0 Å². The lowest BCUT2D eigenvalue weighted by molar-refractivity contribution is -0.117. The molecule has 0 fully saturated rings. The first-order valence-electron chi connectivity index (χ1n) is 9.94. The number of halogens is 1. The number of nitrogens with zero attached hydrogens (tertiary/aromatic N) is 1. The van der Waals surface area contributed by atoms with E-state index in [1.807, 2.05) is 37.3 Å². The normalized spacial score (nSPS) is 18.9. The predicted octanol–water partition coefficient (Wildman–Crippen LogP) is 5.83. The zero-order chi connectivity index (χ0) is 22.2. The van der Waals surface area contributed by atoms with Gasteiger partial charge < -0.3 is 0 Å². The molecule has 0 saturated carbocycles. The van der Waals surface area contributed by atoms with Crippen LogP contribution in [0.15, 0.2) is 90.3 Å². The van der Waals surface area contributed by atoms with Crippen molar-refractivity contribution in [1.82, 2.24) is 0 Å². The molecule has 1 aliphatic rings. The molecular weight excluding hydrogens is 430 g/mol. The Morgan fingerprint density at radius 2 is 1.71 bits per heavy atom. The maximum atomic E-state index is 13.6. The Morgan fingerprint density at radius 1 is 1.03 bits per heavy atom. The summed E-state index contributed by atoms with van der Waals surface area (Å²) in [6.45, 7) is 5.87. The lowest BCUT2D eigenvalue weighted by Gasteiger charge is -2.24. The van der Waals surface area contributed by atoms with Crippen LogP contribution < -0.4 is 4.31 Å². The largest absolute Gasteiger partial charge is 0.273 e. The minimum absolute atomic E-state index is 0.0259. The highest BCUT2D eigenvalue weighted by molar-refractivity contribution is 7.93. The van der Waals surface area contributed by atoms with Crippen LogP contribution in [0.4, 0.5) is 5.69 Å². The highest BCUT2D eigenvalue weighted by atomic mass is 35.5. The van der Waals surface area contributed by atoms with Gasteiger partial charge >= 0.3 is 0 Å². The highest BCUT2D eigenvalue weighted by Crippen LogP contribution is 2.46. The Hall–Kier alpha value is -2.89. The molecule has 0 saturated heterocycles. The minimum atomic E-state index is -4.11. The van der Waals surface area contributed by atoms with Gasteiger partial charge in [-0.25, -0.2) is 12.7 Å². The van der Waals surface area contributed by atoms with E-state index in [9.17, 15) is 13.2 Å². The Bertz CT molecular complexity index is 1240. The van der Waals surface area contributed by atoms with Gasteiger partial charge in [0.15, 0.2) is 0 Å². The van der Waals surface area contributed by atoms with Crippen LogP contribution >= 0.6 is 11.6 Å². The summed E-state index contributed by atoms with van der Waals surface area (Å²) < 4.78 is 28.1. The number of hydrogen-bond acceptors (Lipinski definition) is 3. The number of sulfonamides is 1. The number of benzene rings is 3. The fourth-order valence-corrected chi connectivity index (χ4v) is 5.76. The molecule has 3 aromatic rings. The van der Waals surface area contributed by atoms with E-state index in [-0.39, 0.29) is 23.2 Å². The summed E-state index contributed by atoms with van der Waals surface area (Å²) >= 11 is 6.29. The van der Waals surface area contributed by atoms with Crippen molar-refractivity contribution in [2.45, 2.75) is 30.1 Å². The molecule has 0 aromatic heterocycles. The van der Waals surface area contributed by atoms with Gasteiger partial charge in [-0.1, -0.05) is 65.7 Å². The van der Waals surface area contributed by atoms with E-state index in [0.29, 0.717) is 16.3 Å². The van der Waals surface area contributed by atoms with Crippen molar-refractivity contribution in [2.24, 2.45) is 0 Å². The van der Waals surface area contributed by atoms with Crippen LogP contribution in [0.2, 0.25) is 5.02 Å². The summed E-state index contributed by atoms with van der Waals surface area (Å²) in [6.07, 6.45) is 1.79. The fourth-order valence-electron chi connectivity index (χ4n) is 4.12. The molecule has 6 heteroatoms. The van der Waals surface area contributed by atoms with Crippen molar-refractivity contribution in [3.63, 3.8) is 0 Å². The second kappa shape index (κ2) is 8.33. The van der Waals surface area contributed by atoms with E-state index in [1.165, 1.54) is 12.1 Å². The van der Waals surface area contributed by atoms with Crippen LogP contribution in [0.25, 0.3) is 0 Å². The van der Waals surface area contributed by atoms with E-state index in [4.69, 9.17) is 11.6 Å². The average molecular weight is 452 g/mol. The van der Waals surface area contributed by atoms with Gasteiger partial charge in [0.2, 0.25) is 5.91 Å². The number of fused-ring (bicyclic) bond motifs is 1. The van der Waals surface area contributed by atoms with E-state index in [2.05, 4.69) is 6.58 Å². The molecule has 1 aliphatic heterocycles. The van der Waals surface area contributed by atoms with Gasteiger partial charge in [0.05, 0.1) is 10.6 Å². The molecule has 158 valence electrons. The third-order valence-corrected chi connectivity index (χ3v) is 7.65. The standard InChI is InChI=1S/C25H22ClNO3S/c1-3-21-22(18-7-5-4-6-8-18)16-25(28)27(24-14-11-19(26)15-23(21)24)31(29,30)20-12-9-17(2)10-13-20/h3-15,21-22H,1,16H2,2H3/t21-,22-/m1/s1. The van der Waals surface area contributed by atoms with Crippen molar-refractivity contribution in [3.8, 4) is 0 Å². The van der Waals surface area contributed by atoms with E-state index >= 15 is 0 Å². The molecule has 0 bridgehead atoms. The SMILES string of the molecule is C=C[C@H]1c2cc(Cl)ccc2N(S(=O)(=O)c2ccc(C)cc2)C(=O)C[C@@H]1c1ccccc1. The number of amides is 1. The van der Waals surface area contributed by atoms with Gasteiger partial charge in [-0.05, 0) is 48.4 Å². The number of aryl methyl sites for hydroxylation is 1. The monoisotopic (exact) mass is 451 g/mol. The predicted molar refractivity (Wildman–Crippen MR) is 124 cm³/mol. The molecule has 0 radical (unpaired) electrons. The van der Waals surface area contributed by atoms with Gasteiger partial charge in [0.1, 0.15) is 0 Å². The van der Waals surface area contributed by atoms with E-state index in [1.54, 1.807) is 36.4 Å². The summed E-state index contributed by atoms with van der Waals surface area (Å²) in [5.74, 6) is -1.03. The summed E-state index contributed by atoms with van der Waals surface area (Å²) in [7, 11) is -4.11. The number of allylic oxidation sites excluding steroid dienone is 1. The third-order valence-electron chi connectivity index (χ3n) is 5.66. The molecule has 4 nitrogen and oxygen atoms in total. The number of hydrogen-bond donors (Lipinski definition) is 0. The highest BCUT2D eigenvalue weighted by Gasteiger charge is 2.40. The lowest BCUT2D eigenvalue weighted by Crippen LogP contribution is -2.37. The summed E-state index contributed by atoms with van der Waals surface area (Å²) in [4.78, 5) is 13.5. The van der Waals surface area contributed by atoms with Gasteiger partial charge in [0, 0.05) is 23.3 Å². The molecule has 1 amide bonds. The van der Waals surface area contributed by atoms with Crippen molar-refractivity contribution < 1.29 is 13.2 Å². The zero-order valence-corrected chi connectivity index (χ0v) is 18.6. The Balaban J connectivity index is 1.93. The Morgan fingerprint density at radius 3 is 2.35 bits per heavy atom. The number of carbonyl (C=O) groups is 1. The second-order valence-electron chi connectivity index (χ2n) is 7.66. The molecule has 0 N–H and O–H groups in total. The van der Waals surface area contributed by atoms with Gasteiger partial charge in [-0.2, -0.15) is 0 Å². The van der Waals surface area contributed by atoms with Crippen LogP contribution in [0, 0.1) is 6.92 Å². The van der Waals surface area contributed by atoms with Crippen LogP contribution in [0.1, 0.15) is 34.9 Å². The number of carbonyl (C=O) groups excluding carboxylic acids is 1. The Kier molecular flexibility index (Phi) is 5.73. The van der Waals surface area contributed by atoms with Crippen LogP contribution in [-0.2, 0) is 14.8 Å². The van der Waals surface area contributed by atoms with Crippen molar-refractivity contribution in [2.75, 3.05) is 4.31 Å². The Labute approximate surface area is 187 Å². The molecule has 4 rings (SSSR count). The molecule has 3 aromatic carbocycles. The third kappa shape index (κ3) is 3.91. The van der Waals surface area contributed by atoms with Crippen molar-refractivity contribution in [3.05, 3.63) is 107 Å². The summed E-state index contributed by atoms with van der Waals surface area (Å²) in [6, 6.07) is 21.0. The molecule has 31 heavy (non-hydrogen) atoms. The molecule has 0 spiro atoms. The average Bonchev–Trinajstić information content (AvgIpc) is 2.88. The van der Waals surface area contributed by atoms with Crippen molar-refractivity contribution >= 4 is 33.2 Å². The van der Waals surface area contributed by atoms with E-state index < -0.39 is 15.9 Å². The fraction of sp³-hybridized carbons (Fsp3) is 0.160. The lowest BCUT2D eigenvalue weighted by atomic mass is 9.80. The van der Waals surface area contributed by atoms with Gasteiger partial charge in [-0.15, -0.1) is 6.58 Å². The summed E-state index contributed by atoms with van der Waals surface area (Å²) in [5, 5.41) is 0.472. The molecule has 2 atom stereocenters. The molecular formula is C25H22ClNO3S. The maximum Gasteiger partial charge on any atom is 0.270 e. The van der Waals surface area contributed by atoms with Crippen LogP contribution in [0.5, 0.6) is 0 Å². The molecule has 0 aliphatic carbocycles. The van der Waals surface area contributed by atoms with Crippen molar-refractivity contribution in [1.29, 1.82) is 0 Å². The first kappa shape index (κ1) is 21.3. The first-order valence-corrected chi connectivity index (χ1v) is 11.8. The second-order valence-corrected chi connectivity index (χ2v) is 9.89. The van der Waals surface area contributed by atoms with Gasteiger partial charge in [0.25, 0.3) is 10.0 Å². The first-order chi connectivity index (χ1) is 14.8. The smallest absolute Gasteiger partial charge is 0.270 e. The van der Waals surface area contributed by atoms with E-state index in [0.717, 1.165) is 15.4 Å². The maximum absolute atomic E-state index is 13.6. The number of anilines is 1. The number of rotatable bonds is 4. The topological polar surface area (TPSA) is 54.5 Å².